The third-order valence-corrected chi connectivity index (χ3v) is 2.43. The highest BCUT2D eigenvalue weighted by Gasteiger charge is 2.34. The molecule has 2 heterocycles. The average molecular weight is 254 g/mol. The van der Waals surface area contributed by atoms with Crippen LogP contribution in [0.25, 0.3) is 5.69 Å². The molecule has 0 fully saturated rings. The van der Waals surface area contributed by atoms with Gasteiger partial charge in [-0.1, -0.05) is 0 Å². The normalized spacial score (nSPS) is 11.6. The van der Waals surface area contributed by atoms with E-state index in [1.807, 2.05) is 0 Å². The molecule has 0 amide bonds. The third-order valence-electron chi connectivity index (χ3n) is 2.43. The van der Waals surface area contributed by atoms with Gasteiger partial charge in [-0.15, -0.1) is 0 Å². The van der Waals surface area contributed by atoms with Gasteiger partial charge in [-0.3, -0.25) is 14.3 Å². The molecule has 0 radical (unpaired) electrons. The third kappa shape index (κ3) is 2.27. The molecule has 3 nitrogen and oxygen atoms in total. The van der Waals surface area contributed by atoms with Crippen LogP contribution in [0.1, 0.15) is 11.3 Å². The Hall–Kier alpha value is -2.11. The van der Waals surface area contributed by atoms with E-state index < -0.39 is 17.3 Å². The average Bonchev–Trinajstić information content (AvgIpc) is 2.29. The van der Waals surface area contributed by atoms with Crippen LogP contribution in [0.4, 0.5) is 13.2 Å². The van der Waals surface area contributed by atoms with Crippen LogP contribution in [-0.2, 0) is 6.18 Å². The number of hydrogen-bond acceptors (Lipinski definition) is 2. The van der Waals surface area contributed by atoms with Crippen molar-refractivity contribution in [2.45, 2.75) is 13.1 Å². The Morgan fingerprint density at radius 2 is 1.94 bits per heavy atom. The molecule has 2 aromatic rings. The van der Waals surface area contributed by atoms with Crippen LogP contribution >= 0.6 is 0 Å². The molecular weight excluding hydrogens is 245 g/mol. The molecule has 0 aliphatic rings. The minimum absolute atomic E-state index is 0.303. The maximum atomic E-state index is 12.6. The van der Waals surface area contributed by atoms with Gasteiger partial charge in [0, 0.05) is 11.9 Å². The Morgan fingerprint density at radius 3 is 2.50 bits per heavy atom. The lowest BCUT2D eigenvalue weighted by atomic mass is 10.2. The zero-order valence-electron chi connectivity index (χ0n) is 9.40. The van der Waals surface area contributed by atoms with E-state index in [9.17, 15) is 18.0 Å². The maximum Gasteiger partial charge on any atom is 0.421 e. The maximum absolute atomic E-state index is 12.6. The summed E-state index contributed by atoms with van der Waals surface area (Å²) in [5.74, 6) is 0. The van der Waals surface area contributed by atoms with E-state index in [4.69, 9.17) is 0 Å². The Balaban J connectivity index is 2.60. The van der Waals surface area contributed by atoms with Crippen molar-refractivity contribution in [1.82, 2.24) is 9.55 Å². The second kappa shape index (κ2) is 4.29. The predicted molar refractivity (Wildman–Crippen MR) is 59.6 cm³/mol. The topological polar surface area (TPSA) is 34.9 Å². The Bertz CT molecular complexity index is 614. The number of pyridine rings is 2. The molecule has 0 saturated carbocycles. The Kier molecular flexibility index (Phi) is 2.94. The molecule has 0 bridgehead atoms. The number of aryl methyl sites for hydroxylation is 1. The highest BCUT2D eigenvalue weighted by Crippen LogP contribution is 2.26. The number of halogens is 3. The number of nitrogens with zero attached hydrogens (tertiary/aromatic N) is 2. The number of alkyl halides is 3. The van der Waals surface area contributed by atoms with E-state index in [1.165, 1.54) is 18.5 Å². The molecule has 0 atom stereocenters. The van der Waals surface area contributed by atoms with Crippen molar-refractivity contribution in [3.63, 3.8) is 0 Å². The summed E-state index contributed by atoms with van der Waals surface area (Å²) in [7, 11) is 0. The summed E-state index contributed by atoms with van der Waals surface area (Å²) < 4.78 is 38.7. The molecule has 2 aromatic heterocycles. The summed E-state index contributed by atoms with van der Waals surface area (Å²) >= 11 is 0. The monoisotopic (exact) mass is 254 g/mol. The lowest BCUT2D eigenvalue weighted by Crippen LogP contribution is -2.26. The van der Waals surface area contributed by atoms with Crippen molar-refractivity contribution < 1.29 is 13.2 Å². The van der Waals surface area contributed by atoms with Gasteiger partial charge in [-0.05, 0) is 31.2 Å². The fourth-order valence-corrected chi connectivity index (χ4v) is 1.52. The molecule has 0 spiro atoms. The second-order valence-corrected chi connectivity index (χ2v) is 3.75. The zero-order valence-corrected chi connectivity index (χ0v) is 9.40. The summed E-state index contributed by atoms with van der Waals surface area (Å²) in [6, 6.07) is 5.12. The Labute approximate surface area is 101 Å². The van der Waals surface area contributed by atoms with Crippen molar-refractivity contribution in [2.24, 2.45) is 0 Å². The van der Waals surface area contributed by atoms with Crippen LogP contribution in [0.15, 0.2) is 41.5 Å². The van der Waals surface area contributed by atoms with Crippen molar-refractivity contribution in [1.29, 1.82) is 0 Å². The molecule has 0 aromatic carbocycles. The molecule has 0 saturated heterocycles. The van der Waals surface area contributed by atoms with Gasteiger partial charge in [0.15, 0.2) is 0 Å². The first kappa shape index (κ1) is 12.3. The predicted octanol–water partition coefficient (Wildman–Crippen LogP) is 2.56. The van der Waals surface area contributed by atoms with Crippen LogP contribution in [0, 0.1) is 6.92 Å². The molecule has 2 rings (SSSR count). The molecule has 94 valence electrons. The lowest BCUT2D eigenvalue weighted by molar-refractivity contribution is -0.138. The minimum atomic E-state index is -4.65. The molecule has 6 heteroatoms. The van der Waals surface area contributed by atoms with Gasteiger partial charge in [-0.2, -0.15) is 13.2 Å². The van der Waals surface area contributed by atoms with E-state index in [2.05, 4.69) is 4.98 Å². The second-order valence-electron chi connectivity index (χ2n) is 3.75. The van der Waals surface area contributed by atoms with Gasteiger partial charge in [-0.25, -0.2) is 0 Å². The smallest absolute Gasteiger partial charge is 0.282 e. The molecule has 0 aliphatic carbocycles. The van der Waals surface area contributed by atoms with E-state index >= 15 is 0 Å². The molecule has 0 aliphatic heterocycles. The first-order chi connectivity index (χ1) is 8.39. The quantitative estimate of drug-likeness (QED) is 0.783. The number of aromatic nitrogens is 2. The van der Waals surface area contributed by atoms with Crippen molar-refractivity contribution in [3.8, 4) is 5.69 Å². The summed E-state index contributed by atoms with van der Waals surface area (Å²) in [5.41, 5.74) is -1.27. The molecule has 0 unspecified atom stereocenters. The standard InChI is InChI=1S/C12H9F3N2O/c1-8-4-5-9(7-16-8)17-6-2-3-10(11(17)18)12(13,14)15/h2-7H,1H3. The largest absolute Gasteiger partial charge is 0.421 e. The van der Waals surface area contributed by atoms with E-state index in [0.717, 1.165) is 16.3 Å². The van der Waals surface area contributed by atoms with Gasteiger partial charge in [0.25, 0.3) is 5.56 Å². The van der Waals surface area contributed by atoms with Crippen LogP contribution < -0.4 is 5.56 Å². The Morgan fingerprint density at radius 1 is 1.22 bits per heavy atom. The number of hydrogen-bond donors (Lipinski definition) is 0. The molecule has 18 heavy (non-hydrogen) atoms. The van der Waals surface area contributed by atoms with E-state index in [1.54, 1.807) is 19.1 Å². The van der Waals surface area contributed by atoms with Gasteiger partial charge in [0.2, 0.25) is 0 Å². The van der Waals surface area contributed by atoms with E-state index in [-0.39, 0.29) is 0 Å². The van der Waals surface area contributed by atoms with Gasteiger partial charge in [0.05, 0.1) is 11.9 Å². The molecule has 0 N–H and O–H groups in total. The first-order valence-electron chi connectivity index (χ1n) is 5.11. The van der Waals surface area contributed by atoms with Crippen LogP contribution in [0.5, 0.6) is 0 Å². The van der Waals surface area contributed by atoms with Crippen molar-refractivity contribution in [3.05, 3.63) is 58.3 Å². The lowest BCUT2D eigenvalue weighted by Gasteiger charge is -2.10. The highest BCUT2D eigenvalue weighted by molar-refractivity contribution is 5.31. The minimum Gasteiger partial charge on any atom is -0.282 e. The van der Waals surface area contributed by atoms with Gasteiger partial charge < -0.3 is 0 Å². The first-order valence-corrected chi connectivity index (χ1v) is 5.11. The SMILES string of the molecule is Cc1ccc(-n2cccc(C(F)(F)F)c2=O)cn1. The van der Waals surface area contributed by atoms with Crippen molar-refractivity contribution in [2.75, 3.05) is 0 Å². The van der Waals surface area contributed by atoms with Crippen LogP contribution in [0.2, 0.25) is 0 Å². The summed E-state index contributed by atoms with van der Waals surface area (Å²) in [5, 5.41) is 0. The number of rotatable bonds is 1. The summed E-state index contributed by atoms with van der Waals surface area (Å²) in [4.78, 5) is 15.7. The zero-order chi connectivity index (χ0) is 13.3. The highest BCUT2D eigenvalue weighted by atomic mass is 19.4. The van der Waals surface area contributed by atoms with E-state index in [0.29, 0.717) is 5.69 Å². The summed E-state index contributed by atoms with van der Waals surface area (Å²) in [6.07, 6.45) is -2.01. The molecular formula is C12H9F3N2O. The fourth-order valence-electron chi connectivity index (χ4n) is 1.52. The van der Waals surface area contributed by atoms with Crippen LogP contribution in [0.3, 0.4) is 0 Å². The van der Waals surface area contributed by atoms with Gasteiger partial charge in [0.1, 0.15) is 5.56 Å². The van der Waals surface area contributed by atoms with Crippen molar-refractivity contribution >= 4 is 0 Å². The van der Waals surface area contributed by atoms with Gasteiger partial charge >= 0.3 is 6.18 Å². The van der Waals surface area contributed by atoms with Crippen LogP contribution in [-0.4, -0.2) is 9.55 Å². The summed E-state index contributed by atoms with van der Waals surface area (Å²) in [6.45, 7) is 1.75. The fraction of sp³-hybridized carbons (Fsp3) is 0.167.